The molecule has 3 aliphatic rings. The number of nitrogens with two attached hydrogens (primary N) is 1. The van der Waals surface area contributed by atoms with Gasteiger partial charge in [0.15, 0.2) is 0 Å². The lowest BCUT2D eigenvalue weighted by molar-refractivity contribution is -0.143. The Morgan fingerprint density at radius 2 is 1.62 bits per heavy atom. The standard InChI is InChI=1S/C36H41ClF3N7O3/c37-28-19-22(18-27(32(28)41)36(38,39)40)17-23(34(49)46-15-7-24(8-16-46)44-11-3-4-12-44)20-31(48)45-13-9-25(10-14-45)47-30-21-42-29-6-2-1-5-26(29)33(30)43-35(47)50/h1-2,5-6,18-19,21,23-25H,3-4,7-17,20,41H2,(H,43,50)/t23-/m0/s1. The van der Waals surface area contributed by atoms with Crippen molar-refractivity contribution < 1.29 is 22.8 Å². The molecule has 5 heterocycles. The number of amides is 2. The highest BCUT2D eigenvalue weighted by Gasteiger charge is 2.37. The average Bonchev–Trinajstić information content (AvgIpc) is 3.77. The number of anilines is 1. The predicted octanol–water partition coefficient (Wildman–Crippen LogP) is 5.63. The molecule has 3 fully saturated rings. The van der Waals surface area contributed by atoms with Crippen LogP contribution in [0.2, 0.25) is 5.02 Å². The van der Waals surface area contributed by atoms with E-state index in [0.717, 1.165) is 48.4 Å². The van der Waals surface area contributed by atoms with Crippen molar-refractivity contribution in [2.24, 2.45) is 5.92 Å². The van der Waals surface area contributed by atoms with E-state index in [1.807, 2.05) is 24.3 Å². The number of hydrogen-bond acceptors (Lipinski definition) is 6. The number of rotatable bonds is 7. The number of aromatic amines is 1. The van der Waals surface area contributed by atoms with Crippen molar-refractivity contribution in [2.75, 3.05) is 45.0 Å². The summed E-state index contributed by atoms with van der Waals surface area (Å²) >= 11 is 6.14. The maximum atomic E-state index is 14.1. The second kappa shape index (κ2) is 13.9. The van der Waals surface area contributed by atoms with Gasteiger partial charge in [-0.05, 0) is 81.8 Å². The Hall–Kier alpha value is -4.10. The summed E-state index contributed by atoms with van der Waals surface area (Å²) in [5, 5.41) is 0.616. The smallest absolute Gasteiger partial charge is 0.397 e. The van der Waals surface area contributed by atoms with E-state index in [0.29, 0.717) is 50.6 Å². The number of nitrogen functional groups attached to an aromatic ring is 1. The summed E-state index contributed by atoms with van der Waals surface area (Å²) in [6.07, 6.45) is 1.79. The molecule has 3 aliphatic heterocycles. The van der Waals surface area contributed by atoms with Crippen LogP contribution >= 0.6 is 11.6 Å². The SMILES string of the molecule is Nc1c(Cl)cc(C[C@@H](CC(=O)N2CCC(n3c(=O)[nH]c4c5ccccc5ncc43)CC2)C(=O)N2CCC(N3CCCC3)CC2)cc1C(F)(F)F. The number of carbonyl (C=O) groups is 2. The molecule has 0 radical (unpaired) electrons. The van der Waals surface area contributed by atoms with Crippen molar-refractivity contribution >= 4 is 51.0 Å². The van der Waals surface area contributed by atoms with Crippen LogP contribution < -0.4 is 11.4 Å². The lowest BCUT2D eigenvalue weighted by Gasteiger charge is -2.38. The van der Waals surface area contributed by atoms with Gasteiger partial charge in [-0.15, -0.1) is 0 Å². The number of benzene rings is 2. The summed E-state index contributed by atoms with van der Waals surface area (Å²) in [5.41, 5.74) is 6.24. The zero-order valence-electron chi connectivity index (χ0n) is 27.7. The maximum Gasteiger partial charge on any atom is 0.418 e. The van der Waals surface area contributed by atoms with Gasteiger partial charge in [-0.25, -0.2) is 4.79 Å². The van der Waals surface area contributed by atoms with Crippen LogP contribution in [0.3, 0.4) is 0 Å². The Labute approximate surface area is 292 Å². The first-order valence-electron chi connectivity index (χ1n) is 17.4. The fourth-order valence-electron chi connectivity index (χ4n) is 8.17. The summed E-state index contributed by atoms with van der Waals surface area (Å²) in [7, 11) is 0. The second-order valence-electron chi connectivity index (χ2n) is 13.9. The van der Waals surface area contributed by atoms with Gasteiger partial charge in [0.2, 0.25) is 11.8 Å². The maximum absolute atomic E-state index is 14.1. The van der Waals surface area contributed by atoms with Gasteiger partial charge in [-0.2, -0.15) is 13.2 Å². The van der Waals surface area contributed by atoms with Crippen LogP contribution in [0.15, 0.2) is 47.4 Å². The van der Waals surface area contributed by atoms with Crippen LogP contribution in [-0.4, -0.2) is 86.4 Å². The summed E-state index contributed by atoms with van der Waals surface area (Å²) in [6.45, 7) is 3.95. The summed E-state index contributed by atoms with van der Waals surface area (Å²) < 4.78 is 43.2. The van der Waals surface area contributed by atoms with Crippen LogP contribution in [-0.2, 0) is 22.2 Å². The van der Waals surface area contributed by atoms with Crippen LogP contribution in [0.1, 0.15) is 62.1 Å². The number of para-hydroxylation sites is 1. The number of imidazole rings is 1. The first kappa shape index (κ1) is 34.4. The van der Waals surface area contributed by atoms with Crippen LogP contribution in [0.5, 0.6) is 0 Å². The average molecular weight is 712 g/mol. The minimum Gasteiger partial charge on any atom is -0.397 e. The molecule has 7 rings (SSSR count). The lowest BCUT2D eigenvalue weighted by atomic mass is 9.91. The van der Waals surface area contributed by atoms with Gasteiger partial charge in [-0.1, -0.05) is 29.8 Å². The Balaban J connectivity index is 1.07. The Morgan fingerprint density at radius 1 is 0.960 bits per heavy atom. The van der Waals surface area contributed by atoms with Crippen molar-refractivity contribution in [1.82, 2.24) is 29.2 Å². The highest BCUT2D eigenvalue weighted by Crippen LogP contribution is 2.39. The number of nitrogens with zero attached hydrogens (tertiary/aromatic N) is 5. The zero-order chi connectivity index (χ0) is 35.2. The van der Waals surface area contributed by atoms with Gasteiger partial charge in [0.1, 0.15) is 0 Å². The van der Waals surface area contributed by atoms with E-state index in [9.17, 15) is 27.6 Å². The minimum absolute atomic E-state index is 0.0815. The molecule has 3 saturated heterocycles. The van der Waals surface area contributed by atoms with Crippen molar-refractivity contribution in [3.05, 3.63) is 69.2 Å². The molecule has 0 bridgehead atoms. The number of aromatic nitrogens is 3. The zero-order valence-corrected chi connectivity index (χ0v) is 28.5. The molecule has 3 N–H and O–H groups in total. The lowest BCUT2D eigenvalue weighted by Crippen LogP contribution is -2.48. The van der Waals surface area contributed by atoms with E-state index in [1.54, 1.807) is 20.6 Å². The largest absolute Gasteiger partial charge is 0.418 e. The van der Waals surface area contributed by atoms with Crippen molar-refractivity contribution in [3.63, 3.8) is 0 Å². The van der Waals surface area contributed by atoms with Gasteiger partial charge in [0.25, 0.3) is 0 Å². The molecular formula is C36H41ClF3N7O3. The van der Waals surface area contributed by atoms with E-state index in [1.165, 1.54) is 18.9 Å². The van der Waals surface area contributed by atoms with E-state index in [4.69, 9.17) is 17.3 Å². The third kappa shape index (κ3) is 6.81. The molecule has 2 aromatic carbocycles. The Bertz CT molecular complexity index is 1960. The van der Waals surface area contributed by atoms with E-state index >= 15 is 0 Å². The highest BCUT2D eigenvalue weighted by atomic mass is 35.5. The van der Waals surface area contributed by atoms with E-state index in [-0.39, 0.29) is 47.0 Å². The van der Waals surface area contributed by atoms with Crippen LogP contribution in [0.4, 0.5) is 18.9 Å². The fraction of sp³-hybridized carbons (Fsp3) is 0.500. The molecular weight excluding hydrogens is 671 g/mol. The van der Waals surface area contributed by atoms with Gasteiger partial charge in [0, 0.05) is 50.1 Å². The number of halogens is 4. The molecule has 2 aromatic heterocycles. The van der Waals surface area contributed by atoms with Crippen molar-refractivity contribution in [1.29, 1.82) is 0 Å². The Morgan fingerprint density at radius 3 is 2.32 bits per heavy atom. The van der Waals surface area contributed by atoms with Crippen LogP contribution in [0, 0.1) is 5.92 Å². The topological polar surface area (TPSA) is 121 Å². The molecule has 0 saturated carbocycles. The summed E-state index contributed by atoms with van der Waals surface area (Å²) in [6, 6.07) is 10.1. The number of alkyl halides is 3. The van der Waals surface area contributed by atoms with E-state index < -0.39 is 23.3 Å². The number of fused-ring (bicyclic) bond motifs is 3. The highest BCUT2D eigenvalue weighted by molar-refractivity contribution is 6.33. The number of nitrogens with one attached hydrogen (secondary N) is 1. The van der Waals surface area contributed by atoms with Crippen LogP contribution in [0.25, 0.3) is 21.9 Å². The third-order valence-electron chi connectivity index (χ3n) is 10.8. The van der Waals surface area contributed by atoms with Gasteiger partial charge in [-0.3, -0.25) is 19.1 Å². The number of likely N-dealkylation sites (tertiary alicyclic amines) is 3. The number of piperidine rings is 2. The molecule has 1 atom stereocenters. The molecule has 4 aromatic rings. The monoisotopic (exact) mass is 711 g/mol. The Kier molecular flexibility index (Phi) is 9.55. The molecule has 0 unspecified atom stereocenters. The molecule has 10 nitrogen and oxygen atoms in total. The molecule has 0 spiro atoms. The molecule has 2 amide bonds. The third-order valence-corrected chi connectivity index (χ3v) is 11.1. The molecule has 50 heavy (non-hydrogen) atoms. The summed E-state index contributed by atoms with van der Waals surface area (Å²) in [5.74, 6) is -1.36. The predicted molar refractivity (Wildman–Crippen MR) is 186 cm³/mol. The molecule has 266 valence electrons. The van der Waals surface area contributed by atoms with Crippen molar-refractivity contribution in [2.45, 2.75) is 69.6 Å². The minimum atomic E-state index is -4.73. The van der Waals surface area contributed by atoms with Gasteiger partial charge in [0.05, 0.1) is 44.9 Å². The number of carbonyl (C=O) groups excluding carboxylic acids is 2. The number of hydrogen-bond donors (Lipinski definition) is 2. The first-order valence-corrected chi connectivity index (χ1v) is 17.8. The fourth-order valence-corrected chi connectivity index (χ4v) is 8.41. The number of pyridine rings is 1. The van der Waals surface area contributed by atoms with Gasteiger partial charge >= 0.3 is 11.9 Å². The van der Waals surface area contributed by atoms with Gasteiger partial charge < -0.3 is 25.4 Å². The normalized spacial score (nSPS) is 19.1. The second-order valence-corrected chi connectivity index (χ2v) is 14.3. The van der Waals surface area contributed by atoms with E-state index in [2.05, 4.69) is 14.9 Å². The number of H-pyrrole nitrogens is 1. The quantitative estimate of drug-likeness (QED) is 0.240. The summed E-state index contributed by atoms with van der Waals surface area (Å²) in [4.78, 5) is 54.5. The molecule has 14 heteroatoms. The molecule has 0 aliphatic carbocycles. The first-order chi connectivity index (χ1) is 24.0. The van der Waals surface area contributed by atoms with Crippen molar-refractivity contribution in [3.8, 4) is 0 Å².